The molecule has 1 aromatic carbocycles. The monoisotopic (exact) mass is 549 g/mol. The van der Waals surface area contributed by atoms with E-state index in [1.165, 1.54) is 6.92 Å². The number of nitrogens with one attached hydrogen (secondary N) is 2. The predicted octanol–water partition coefficient (Wildman–Crippen LogP) is 3.40. The van der Waals surface area contributed by atoms with Gasteiger partial charge in [-0.25, -0.2) is 9.59 Å². The molecule has 2 N–H and O–H groups in total. The zero-order valence-corrected chi connectivity index (χ0v) is 23.5. The normalized spacial score (nSPS) is 14.7. The Morgan fingerprint density at radius 3 is 2.33 bits per heavy atom. The van der Waals surface area contributed by atoms with Gasteiger partial charge in [0.2, 0.25) is 5.91 Å². The summed E-state index contributed by atoms with van der Waals surface area (Å²) in [5, 5.41) is 5.31. The number of hydrogen-bond donors (Lipinski definition) is 2. The lowest BCUT2D eigenvalue weighted by molar-refractivity contribution is -0.141. The molecular weight excluding hydrogens is 506 g/mol. The predicted molar refractivity (Wildman–Crippen MR) is 144 cm³/mol. The fraction of sp³-hybridized carbons (Fsp3) is 0.643. The Morgan fingerprint density at radius 1 is 1.00 bits per heavy atom. The molecule has 1 fully saturated rings. The molecule has 0 saturated carbocycles. The number of piperidine rings is 1. The third-order valence-corrected chi connectivity index (χ3v) is 5.98. The van der Waals surface area contributed by atoms with E-state index in [0.717, 1.165) is 24.8 Å². The van der Waals surface area contributed by atoms with E-state index in [9.17, 15) is 19.2 Å². The molecule has 0 radical (unpaired) electrons. The largest absolute Gasteiger partial charge is 0.466 e. The van der Waals surface area contributed by atoms with Crippen LogP contribution in [0.5, 0.6) is 0 Å². The number of ether oxygens (including phenoxy) is 4. The van der Waals surface area contributed by atoms with Gasteiger partial charge in [0.1, 0.15) is 18.2 Å². The summed E-state index contributed by atoms with van der Waals surface area (Å²) in [4.78, 5) is 50.3. The highest BCUT2D eigenvalue weighted by atomic mass is 16.6. The van der Waals surface area contributed by atoms with Crippen molar-refractivity contribution in [2.45, 2.75) is 71.6 Å². The molecule has 1 saturated heterocycles. The van der Waals surface area contributed by atoms with Crippen LogP contribution >= 0.6 is 0 Å². The van der Waals surface area contributed by atoms with Gasteiger partial charge in [0.25, 0.3) is 0 Å². The molecule has 0 unspecified atom stereocenters. The fourth-order valence-electron chi connectivity index (χ4n) is 3.99. The Labute approximate surface area is 230 Å². The van der Waals surface area contributed by atoms with E-state index in [1.807, 2.05) is 30.3 Å². The van der Waals surface area contributed by atoms with Crippen LogP contribution in [0.3, 0.4) is 0 Å². The highest BCUT2D eigenvalue weighted by Crippen LogP contribution is 2.21. The van der Waals surface area contributed by atoms with E-state index in [2.05, 4.69) is 10.6 Å². The third kappa shape index (κ3) is 13.9. The number of nitrogens with zero attached hydrogens (tertiary/aromatic N) is 1. The average molecular weight is 550 g/mol. The zero-order chi connectivity index (χ0) is 28.7. The lowest BCUT2D eigenvalue weighted by Crippen LogP contribution is -2.53. The number of hydrogen-bond acceptors (Lipinski definition) is 8. The van der Waals surface area contributed by atoms with Gasteiger partial charge in [0.05, 0.1) is 13.2 Å². The summed E-state index contributed by atoms with van der Waals surface area (Å²) in [6, 6.07) is 8.35. The molecule has 1 aliphatic rings. The molecule has 0 bridgehead atoms. The number of alkyl carbamates (subject to hydrolysis) is 2. The molecule has 39 heavy (non-hydrogen) atoms. The number of benzene rings is 1. The minimum atomic E-state index is -0.912. The van der Waals surface area contributed by atoms with Gasteiger partial charge in [-0.05, 0) is 57.9 Å². The van der Waals surface area contributed by atoms with E-state index >= 15 is 0 Å². The molecule has 2 rings (SSSR count). The van der Waals surface area contributed by atoms with Crippen LogP contribution in [0, 0.1) is 5.92 Å². The Balaban J connectivity index is 1.83. The third-order valence-electron chi connectivity index (χ3n) is 5.98. The first-order valence-corrected chi connectivity index (χ1v) is 13.5. The van der Waals surface area contributed by atoms with E-state index in [1.54, 1.807) is 25.7 Å². The van der Waals surface area contributed by atoms with Gasteiger partial charge in [-0.15, -0.1) is 0 Å². The Hall–Kier alpha value is -3.34. The van der Waals surface area contributed by atoms with Gasteiger partial charge < -0.3 is 34.5 Å². The maximum atomic E-state index is 13.3. The van der Waals surface area contributed by atoms with Crippen LogP contribution in [0.15, 0.2) is 30.3 Å². The molecule has 3 amide bonds. The molecule has 0 spiro atoms. The van der Waals surface area contributed by atoms with Crippen molar-refractivity contribution in [1.29, 1.82) is 0 Å². The number of carbonyl (C=O) groups excluding carboxylic acids is 4. The standard InChI is InChI=1S/C28H43N3O8/c1-21(32)37-18-13-22-11-15-31(16-12-22)25(33)24(30-27(35)38-19-23-9-6-5-7-10-23)20-36-17-8-14-29-26(34)39-28(2,3)4/h5-7,9-10,22,24H,8,11-20H2,1-4H3,(H,29,34)(H,30,35)/t24-/m0/s1. The summed E-state index contributed by atoms with van der Waals surface area (Å²) >= 11 is 0. The van der Waals surface area contributed by atoms with Crippen LogP contribution in [-0.2, 0) is 35.1 Å². The fourth-order valence-corrected chi connectivity index (χ4v) is 3.99. The van der Waals surface area contributed by atoms with Crippen LogP contribution in [0.4, 0.5) is 9.59 Å². The second-order valence-corrected chi connectivity index (χ2v) is 10.5. The van der Waals surface area contributed by atoms with Crippen molar-refractivity contribution in [2.75, 3.05) is 39.5 Å². The average Bonchev–Trinajstić information content (AvgIpc) is 2.88. The van der Waals surface area contributed by atoms with Crippen molar-refractivity contribution in [3.8, 4) is 0 Å². The van der Waals surface area contributed by atoms with E-state index in [4.69, 9.17) is 18.9 Å². The van der Waals surface area contributed by atoms with Crippen LogP contribution in [-0.4, -0.2) is 80.1 Å². The van der Waals surface area contributed by atoms with E-state index < -0.39 is 23.8 Å². The number of carbonyl (C=O) groups is 4. The number of likely N-dealkylation sites (tertiary alicyclic amines) is 1. The molecular formula is C28H43N3O8. The molecule has 0 aliphatic carbocycles. The van der Waals surface area contributed by atoms with Crippen LogP contribution in [0.25, 0.3) is 0 Å². The van der Waals surface area contributed by atoms with Crippen LogP contribution in [0.1, 0.15) is 58.9 Å². The first-order chi connectivity index (χ1) is 18.5. The summed E-state index contributed by atoms with van der Waals surface area (Å²) < 4.78 is 21.2. The summed E-state index contributed by atoms with van der Waals surface area (Å²) in [5.41, 5.74) is 0.256. The summed E-state index contributed by atoms with van der Waals surface area (Å²) in [6.07, 6.45) is 1.63. The summed E-state index contributed by atoms with van der Waals surface area (Å²) in [5.74, 6) is -0.169. The molecule has 1 heterocycles. The highest BCUT2D eigenvalue weighted by Gasteiger charge is 2.30. The second kappa shape index (κ2) is 16.6. The van der Waals surface area contributed by atoms with Gasteiger partial charge in [-0.1, -0.05) is 30.3 Å². The Bertz CT molecular complexity index is 911. The maximum absolute atomic E-state index is 13.3. The first kappa shape index (κ1) is 31.9. The molecule has 11 nitrogen and oxygen atoms in total. The molecule has 11 heteroatoms. The van der Waals surface area contributed by atoms with Gasteiger partial charge in [-0.3, -0.25) is 9.59 Å². The Kier molecular flexibility index (Phi) is 13.6. The molecule has 0 aromatic heterocycles. The highest BCUT2D eigenvalue weighted by molar-refractivity contribution is 5.86. The zero-order valence-electron chi connectivity index (χ0n) is 23.5. The maximum Gasteiger partial charge on any atom is 0.408 e. The molecule has 218 valence electrons. The van der Waals surface area contributed by atoms with Crippen molar-refractivity contribution in [3.63, 3.8) is 0 Å². The molecule has 1 atom stereocenters. The second-order valence-electron chi connectivity index (χ2n) is 10.5. The van der Waals surface area contributed by atoms with Crippen molar-refractivity contribution >= 4 is 24.1 Å². The van der Waals surface area contributed by atoms with Gasteiger partial charge >= 0.3 is 18.2 Å². The number of rotatable bonds is 13. The minimum absolute atomic E-state index is 0.0297. The SMILES string of the molecule is CC(=O)OCCC1CCN(C(=O)[C@H](COCCCNC(=O)OC(C)(C)C)NC(=O)OCc2ccccc2)CC1. The van der Waals surface area contributed by atoms with Gasteiger partial charge in [-0.2, -0.15) is 0 Å². The summed E-state index contributed by atoms with van der Waals surface area (Å²) in [6.45, 7) is 8.89. The smallest absolute Gasteiger partial charge is 0.408 e. The van der Waals surface area contributed by atoms with Crippen LogP contribution < -0.4 is 10.6 Å². The molecule has 1 aliphatic heterocycles. The lowest BCUT2D eigenvalue weighted by Gasteiger charge is -2.34. The molecule has 1 aromatic rings. The van der Waals surface area contributed by atoms with Gasteiger partial charge in [0.15, 0.2) is 0 Å². The van der Waals surface area contributed by atoms with Crippen molar-refractivity contribution in [2.24, 2.45) is 5.92 Å². The van der Waals surface area contributed by atoms with Crippen molar-refractivity contribution in [1.82, 2.24) is 15.5 Å². The van der Waals surface area contributed by atoms with Crippen molar-refractivity contribution < 1.29 is 38.1 Å². The first-order valence-electron chi connectivity index (χ1n) is 13.5. The van der Waals surface area contributed by atoms with E-state index in [0.29, 0.717) is 38.6 Å². The lowest BCUT2D eigenvalue weighted by atomic mass is 9.93. The topological polar surface area (TPSA) is 132 Å². The minimum Gasteiger partial charge on any atom is -0.466 e. The van der Waals surface area contributed by atoms with Crippen molar-refractivity contribution in [3.05, 3.63) is 35.9 Å². The number of esters is 1. The van der Waals surface area contributed by atoms with Gasteiger partial charge in [0, 0.05) is 33.2 Å². The Morgan fingerprint density at radius 2 is 1.69 bits per heavy atom. The quantitative estimate of drug-likeness (QED) is 0.217. The van der Waals surface area contributed by atoms with Crippen LogP contribution in [0.2, 0.25) is 0 Å². The van der Waals surface area contributed by atoms with E-state index in [-0.39, 0.29) is 31.7 Å². The number of amides is 3. The summed E-state index contributed by atoms with van der Waals surface area (Å²) in [7, 11) is 0.